The Morgan fingerprint density at radius 3 is 2.27 bits per heavy atom. The van der Waals surface area contributed by atoms with Crippen LogP contribution < -0.4 is 0 Å². The first-order valence-electron chi connectivity index (χ1n) is 8.77. The number of allylic oxidation sites excluding steroid dienone is 4. The summed E-state index contributed by atoms with van der Waals surface area (Å²) in [5.41, 5.74) is 1.44. The summed E-state index contributed by atoms with van der Waals surface area (Å²) < 4.78 is 5.15. The Kier molecular flexibility index (Phi) is 16.1. The molecule has 0 aliphatic carbocycles. The Labute approximate surface area is 158 Å². The summed E-state index contributed by atoms with van der Waals surface area (Å²) in [5, 5.41) is 17.9. The van der Waals surface area contributed by atoms with Gasteiger partial charge in [0.15, 0.2) is 5.78 Å². The fraction of sp³-hybridized carbons (Fsp3) is 0.409. The Morgan fingerprint density at radius 1 is 1.31 bits per heavy atom. The molecule has 26 heavy (non-hydrogen) atoms. The minimum absolute atomic E-state index is 0.0486. The van der Waals surface area contributed by atoms with Crippen LogP contribution in [-0.2, 0) is 4.74 Å². The average Bonchev–Trinajstić information content (AvgIpc) is 2.59. The van der Waals surface area contributed by atoms with E-state index in [2.05, 4.69) is 26.5 Å². The number of aromatic hydroxyl groups is 2. The van der Waals surface area contributed by atoms with Crippen LogP contribution in [0, 0.1) is 0 Å². The Bertz CT molecular complexity index is 586. The number of Topliss-reactive ketones (excluding diaryl/α,β-unsaturated/α-hetero) is 1. The van der Waals surface area contributed by atoms with Crippen LogP contribution in [-0.4, -0.2) is 29.2 Å². The van der Waals surface area contributed by atoms with E-state index in [0.717, 1.165) is 12.5 Å². The molecule has 0 bridgehead atoms. The van der Waals surface area contributed by atoms with Crippen molar-refractivity contribution in [1.29, 1.82) is 0 Å². The first-order valence-corrected chi connectivity index (χ1v) is 8.77. The summed E-state index contributed by atoms with van der Waals surface area (Å²) in [5.74, 6) is -0.451. The maximum absolute atomic E-state index is 10.7. The summed E-state index contributed by atoms with van der Waals surface area (Å²) in [6.07, 6.45) is 10.4. The molecule has 0 saturated carbocycles. The highest BCUT2D eigenvalue weighted by molar-refractivity contribution is 5.96. The maximum atomic E-state index is 10.7. The molecule has 4 nitrogen and oxygen atoms in total. The van der Waals surface area contributed by atoms with Gasteiger partial charge < -0.3 is 14.9 Å². The predicted octanol–water partition coefficient (Wildman–Crippen LogP) is 5.82. The lowest BCUT2D eigenvalue weighted by atomic mass is 10.1. The summed E-state index contributed by atoms with van der Waals surface area (Å²) >= 11 is 0. The van der Waals surface area contributed by atoms with Gasteiger partial charge in [0.1, 0.15) is 11.5 Å². The second-order valence-corrected chi connectivity index (χ2v) is 5.69. The quantitative estimate of drug-likeness (QED) is 0.494. The molecule has 0 aliphatic rings. The van der Waals surface area contributed by atoms with Crippen LogP contribution in [0.1, 0.15) is 57.8 Å². The molecular formula is C22H34O4. The van der Waals surface area contributed by atoms with E-state index in [1.54, 1.807) is 7.11 Å². The molecule has 1 rings (SSSR count). The predicted molar refractivity (Wildman–Crippen MR) is 110 cm³/mol. The summed E-state index contributed by atoms with van der Waals surface area (Å²) in [6.45, 7) is 13.4. The van der Waals surface area contributed by atoms with Gasteiger partial charge in [-0.05, 0) is 44.9 Å². The van der Waals surface area contributed by atoms with E-state index >= 15 is 0 Å². The highest BCUT2D eigenvalue weighted by Crippen LogP contribution is 2.22. The Morgan fingerprint density at radius 2 is 1.88 bits per heavy atom. The number of ether oxygens (including phenoxy) is 1. The SMILES string of the molecule is C=C/C(=C\C=C/C)CC(C)OC.CC(=O)c1ccc(O)cc1O.CCC. The van der Waals surface area contributed by atoms with Gasteiger partial charge in [-0.25, -0.2) is 0 Å². The number of hydrogen-bond donors (Lipinski definition) is 2. The van der Waals surface area contributed by atoms with Crippen LogP contribution in [0.25, 0.3) is 0 Å². The zero-order valence-electron chi connectivity index (χ0n) is 17.0. The molecule has 146 valence electrons. The summed E-state index contributed by atoms with van der Waals surface area (Å²) in [7, 11) is 1.72. The van der Waals surface area contributed by atoms with Crippen molar-refractivity contribution in [2.24, 2.45) is 0 Å². The molecule has 4 heteroatoms. The summed E-state index contributed by atoms with van der Waals surface area (Å²) in [4.78, 5) is 10.7. The number of phenolic OH excluding ortho intramolecular Hbond substituents is 2. The highest BCUT2D eigenvalue weighted by atomic mass is 16.5. The molecule has 0 fully saturated rings. The van der Waals surface area contributed by atoms with Crippen molar-refractivity contribution >= 4 is 5.78 Å². The second kappa shape index (κ2) is 16.2. The monoisotopic (exact) mass is 362 g/mol. The summed E-state index contributed by atoms with van der Waals surface area (Å²) in [6, 6.07) is 3.88. The van der Waals surface area contributed by atoms with Gasteiger partial charge in [0, 0.05) is 13.2 Å². The van der Waals surface area contributed by atoms with E-state index in [1.165, 1.54) is 31.1 Å². The third kappa shape index (κ3) is 13.0. The van der Waals surface area contributed by atoms with Crippen molar-refractivity contribution < 1.29 is 19.7 Å². The number of benzene rings is 1. The topological polar surface area (TPSA) is 66.8 Å². The van der Waals surface area contributed by atoms with Crippen LogP contribution in [0.4, 0.5) is 0 Å². The van der Waals surface area contributed by atoms with Gasteiger partial charge in [0.2, 0.25) is 0 Å². The number of ketones is 1. The molecule has 0 spiro atoms. The van der Waals surface area contributed by atoms with Crippen molar-refractivity contribution in [3.63, 3.8) is 0 Å². The molecule has 0 heterocycles. The molecule has 0 amide bonds. The minimum atomic E-state index is -0.220. The standard InChI is InChI=1S/C11H18O.C8H8O3.C3H8/c1-5-7-8-11(6-2)9-10(3)12-4;1-5(9)7-3-2-6(10)4-8(7)11;1-3-2/h5-8,10H,2,9H2,1,3-4H3;2-4,10-11H,1H3;3H2,1-2H3/b7-5-,11-8+;;. The van der Waals surface area contributed by atoms with E-state index in [0.29, 0.717) is 0 Å². The fourth-order valence-corrected chi connectivity index (χ4v) is 1.67. The van der Waals surface area contributed by atoms with Crippen molar-refractivity contribution in [3.8, 4) is 11.5 Å². The molecule has 0 aliphatic heterocycles. The van der Waals surface area contributed by atoms with E-state index in [4.69, 9.17) is 14.9 Å². The smallest absolute Gasteiger partial charge is 0.163 e. The third-order valence-electron chi connectivity index (χ3n) is 3.05. The molecule has 0 saturated heterocycles. The first kappa shape index (κ1) is 25.9. The highest BCUT2D eigenvalue weighted by Gasteiger charge is 2.05. The minimum Gasteiger partial charge on any atom is -0.508 e. The van der Waals surface area contributed by atoms with Gasteiger partial charge in [0.05, 0.1) is 11.7 Å². The van der Waals surface area contributed by atoms with Gasteiger partial charge in [-0.15, -0.1) is 0 Å². The molecule has 0 radical (unpaired) electrons. The molecule has 1 aromatic carbocycles. The second-order valence-electron chi connectivity index (χ2n) is 5.69. The fourth-order valence-electron chi connectivity index (χ4n) is 1.67. The van der Waals surface area contributed by atoms with Gasteiger partial charge in [-0.1, -0.05) is 51.2 Å². The number of carbonyl (C=O) groups is 1. The lowest BCUT2D eigenvalue weighted by molar-refractivity contribution is 0.101. The van der Waals surface area contributed by atoms with Crippen LogP contribution in [0.3, 0.4) is 0 Å². The largest absolute Gasteiger partial charge is 0.508 e. The van der Waals surface area contributed by atoms with Gasteiger partial charge in [-0.2, -0.15) is 0 Å². The number of hydrogen-bond acceptors (Lipinski definition) is 4. The molecule has 0 aromatic heterocycles. The Balaban J connectivity index is 0. The third-order valence-corrected chi connectivity index (χ3v) is 3.05. The van der Waals surface area contributed by atoms with E-state index in [1.807, 2.05) is 32.1 Å². The van der Waals surface area contributed by atoms with Crippen LogP contribution in [0.5, 0.6) is 11.5 Å². The maximum Gasteiger partial charge on any atom is 0.163 e. The van der Waals surface area contributed by atoms with Crippen molar-refractivity contribution in [1.82, 2.24) is 0 Å². The van der Waals surface area contributed by atoms with Crippen molar-refractivity contribution in [2.75, 3.05) is 7.11 Å². The van der Waals surface area contributed by atoms with E-state index in [9.17, 15) is 4.79 Å². The molecular weight excluding hydrogens is 328 g/mol. The first-order chi connectivity index (χ1) is 12.3. The zero-order chi connectivity index (χ0) is 20.5. The number of carbonyl (C=O) groups excluding carboxylic acids is 1. The normalized spacial score (nSPS) is 11.7. The lowest BCUT2D eigenvalue weighted by Gasteiger charge is -2.08. The van der Waals surface area contributed by atoms with Crippen molar-refractivity contribution in [2.45, 2.75) is 53.6 Å². The molecule has 1 atom stereocenters. The average molecular weight is 363 g/mol. The van der Waals surface area contributed by atoms with Gasteiger partial charge >= 0.3 is 0 Å². The van der Waals surface area contributed by atoms with Crippen LogP contribution in [0.2, 0.25) is 0 Å². The number of rotatable bonds is 6. The van der Waals surface area contributed by atoms with Gasteiger partial charge in [-0.3, -0.25) is 4.79 Å². The van der Waals surface area contributed by atoms with Crippen LogP contribution in [0.15, 0.2) is 54.7 Å². The van der Waals surface area contributed by atoms with E-state index < -0.39 is 0 Å². The number of methoxy groups -OCH3 is 1. The van der Waals surface area contributed by atoms with E-state index in [-0.39, 0.29) is 28.9 Å². The number of phenols is 2. The molecule has 2 N–H and O–H groups in total. The van der Waals surface area contributed by atoms with Gasteiger partial charge in [0.25, 0.3) is 0 Å². The van der Waals surface area contributed by atoms with Crippen LogP contribution >= 0.6 is 0 Å². The van der Waals surface area contributed by atoms with Crippen molar-refractivity contribution in [3.05, 3.63) is 60.2 Å². The zero-order valence-corrected chi connectivity index (χ0v) is 17.0. The Hall–Kier alpha value is -2.33. The lowest BCUT2D eigenvalue weighted by Crippen LogP contribution is -2.04. The molecule has 1 unspecified atom stereocenters. The molecule has 1 aromatic rings.